The van der Waals surface area contributed by atoms with E-state index in [1.54, 1.807) is 18.2 Å². The van der Waals surface area contributed by atoms with Crippen molar-refractivity contribution in [3.05, 3.63) is 113 Å². The minimum atomic E-state index is -0.172. The topological polar surface area (TPSA) is 70.7 Å². The summed E-state index contributed by atoms with van der Waals surface area (Å²) >= 11 is 0. The van der Waals surface area contributed by atoms with E-state index in [0.29, 0.717) is 18.7 Å². The smallest absolute Gasteiger partial charge is 0.251 e. The van der Waals surface area contributed by atoms with Crippen LogP contribution in [0.5, 0.6) is 0 Å². The van der Waals surface area contributed by atoms with E-state index in [2.05, 4.69) is 23.5 Å². The van der Waals surface area contributed by atoms with Crippen molar-refractivity contribution in [1.82, 2.24) is 15.1 Å². The Labute approximate surface area is 181 Å². The van der Waals surface area contributed by atoms with Crippen LogP contribution in [0.25, 0.3) is 11.3 Å². The van der Waals surface area contributed by atoms with Crippen molar-refractivity contribution in [2.45, 2.75) is 19.5 Å². The molecule has 3 aromatic carbocycles. The fourth-order valence-corrected chi connectivity index (χ4v) is 3.47. The van der Waals surface area contributed by atoms with Gasteiger partial charge < -0.3 is 5.32 Å². The second-order valence-electron chi connectivity index (χ2n) is 7.27. The number of rotatable bonds is 7. The molecule has 0 aliphatic carbocycles. The Kier molecular flexibility index (Phi) is 6.20. The molecule has 5 nitrogen and oxygen atoms in total. The molecule has 4 aromatic rings. The number of nitriles is 1. The lowest BCUT2D eigenvalue weighted by Crippen LogP contribution is -2.23. The summed E-state index contributed by atoms with van der Waals surface area (Å²) in [4.78, 5) is 12.7. The van der Waals surface area contributed by atoms with Gasteiger partial charge in [-0.3, -0.25) is 9.48 Å². The Morgan fingerprint density at radius 3 is 2.39 bits per heavy atom. The van der Waals surface area contributed by atoms with Crippen molar-refractivity contribution < 1.29 is 4.79 Å². The third kappa shape index (κ3) is 5.06. The van der Waals surface area contributed by atoms with Crippen molar-refractivity contribution in [3.8, 4) is 17.3 Å². The second kappa shape index (κ2) is 9.55. The van der Waals surface area contributed by atoms with Gasteiger partial charge >= 0.3 is 0 Å². The first-order valence-corrected chi connectivity index (χ1v) is 10.1. The lowest BCUT2D eigenvalue weighted by molar-refractivity contribution is 0.0951. The molecule has 0 bridgehead atoms. The van der Waals surface area contributed by atoms with E-state index >= 15 is 0 Å². The van der Waals surface area contributed by atoms with Crippen molar-refractivity contribution >= 4 is 5.91 Å². The highest BCUT2D eigenvalue weighted by Crippen LogP contribution is 2.22. The standard InChI is InChI=1S/C26H22N4O/c27-15-14-20-10-7-13-23(16-20)26(31)28-17-24-19-30(18-21-8-3-1-4-9-21)29-25(24)22-11-5-2-6-12-22/h1-13,16,19H,14,17-18H2,(H,28,31). The number of hydrogen-bond donors (Lipinski definition) is 1. The molecular formula is C26H22N4O. The predicted octanol–water partition coefficient (Wildman–Crippen LogP) is 4.59. The first-order valence-electron chi connectivity index (χ1n) is 10.1. The summed E-state index contributed by atoms with van der Waals surface area (Å²) < 4.78 is 1.91. The number of benzene rings is 3. The third-order valence-corrected chi connectivity index (χ3v) is 4.98. The van der Waals surface area contributed by atoms with Crippen LogP contribution >= 0.6 is 0 Å². The maximum atomic E-state index is 12.7. The summed E-state index contributed by atoms with van der Waals surface area (Å²) in [6.07, 6.45) is 2.27. The zero-order chi connectivity index (χ0) is 21.5. The van der Waals surface area contributed by atoms with Crippen LogP contribution in [0.1, 0.15) is 27.0 Å². The van der Waals surface area contributed by atoms with Gasteiger partial charge in [-0.05, 0) is 23.3 Å². The molecular weight excluding hydrogens is 384 g/mol. The van der Waals surface area contributed by atoms with Gasteiger partial charge in [0.1, 0.15) is 0 Å². The van der Waals surface area contributed by atoms with Crippen molar-refractivity contribution in [3.63, 3.8) is 0 Å². The average Bonchev–Trinajstić information content (AvgIpc) is 3.21. The van der Waals surface area contributed by atoms with E-state index in [4.69, 9.17) is 10.4 Å². The van der Waals surface area contributed by atoms with Crippen LogP contribution < -0.4 is 5.32 Å². The highest BCUT2D eigenvalue weighted by molar-refractivity contribution is 5.94. The van der Waals surface area contributed by atoms with Gasteiger partial charge in [-0.15, -0.1) is 0 Å². The summed E-state index contributed by atoms with van der Waals surface area (Å²) in [6, 6.07) is 29.4. The van der Waals surface area contributed by atoms with E-state index < -0.39 is 0 Å². The fourth-order valence-electron chi connectivity index (χ4n) is 3.47. The average molecular weight is 406 g/mol. The maximum Gasteiger partial charge on any atom is 0.251 e. The number of aromatic nitrogens is 2. The minimum absolute atomic E-state index is 0.172. The van der Waals surface area contributed by atoms with Gasteiger partial charge in [0.15, 0.2) is 0 Å². The third-order valence-electron chi connectivity index (χ3n) is 4.98. The van der Waals surface area contributed by atoms with Gasteiger partial charge in [0.2, 0.25) is 0 Å². The quantitative estimate of drug-likeness (QED) is 0.488. The monoisotopic (exact) mass is 406 g/mol. The SMILES string of the molecule is N#CCc1cccc(C(=O)NCc2cn(Cc3ccccc3)nc2-c2ccccc2)c1. The van der Waals surface area contributed by atoms with E-state index in [1.807, 2.05) is 65.5 Å². The van der Waals surface area contributed by atoms with E-state index in [9.17, 15) is 4.79 Å². The summed E-state index contributed by atoms with van der Waals surface area (Å²) in [7, 11) is 0. The maximum absolute atomic E-state index is 12.7. The van der Waals surface area contributed by atoms with Gasteiger partial charge in [-0.2, -0.15) is 10.4 Å². The highest BCUT2D eigenvalue weighted by Gasteiger charge is 2.13. The van der Waals surface area contributed by atoms with Crippen LogP contribution in [-0.4, -0.2) is 15.7 Å². The Balaban J connectivity index is 1.56. The van der Waals surface area contributed by atoms with Crippen molar-refractivity contribution in [2.24, 2.45) is 0 Å². The zero-order valence-electron chi connectivity index (χ0n) is 17.0. The minimum Gasteiger partial charge on any atom is -0.348 e. The molecule has 31 heavy (non-hydrogen) atoms. The molecule has 0 unspecified atom stereocenters. The van der Waals surface area contributed by atoms with Crippen LogP contribution in [0.2, 0.25) is 0 Å². The number of carbonyl (C=O) groups excluding carboxylic acids is 1. The number of nitrogens with one attached hydrogen (secondary N) is 1. The molecule has 0 saturated carbocycles. The molecule has 0 radical (unpaired) electrons. The molecule has 1 heterocycles. The summed E-state index contributed by atoms with van der Waals surface area (Å²) in [6.45, 7) is 1.02. The Bertz CT molecular complexity index is 1210. The molecule has 0 spiro atoms. The largest absolute Gasteiger partial charge is 0.348 e. The summed E-state index contributed by atoms with van der Waals surface area (Å²) in [5, 5.41) is 16.7. The Morgan fingerprint density at radius 1 is 0.935 bits per heavy atom. The van der Waals surface area contributed by atoms with Crippen molar-refractivity contribution in [2.75, 3.05) is 0 Å². The number of hydrogen-bond acceptors (Lipinski definition) is 3. The number of carbonyl (C=O) groups is 1. The Hall–Kier alpha value is -4.17. The fraction of sp³-hybridized carbons (Fsp3) is 0.115. The van der Waals surface area contributed by atoms with Gasteiger partial charge in [-0.1, -0.05) is 72.8 Å². The van der Waals surface area contributed by atoms with Crippen LogP contribution in [0, 0.1) is 11.3 Å². The molecule has 5 heteroatoms. The molecule has 0 atom stereocenters. The summed E-state index contributed by atoms with van der Waals surface area (Å²) in [5.41, 5.74) is 5.35. The van der Waals surface area contributed by atoms with Gasteiger partial charge in [0.25, 0.3) is 5.91 Å². The van der Waals surface area contributed by atoms with Gasteiger partial charge in [-0.25, -0.2) is 0 Å². The highest BCUT2D eigenvalue weighted by atomic mass is 16.1. The molecule has 1 amide bonds. The molecule has 0 fully saturated rings. The lowest BCUT2D eigenvalue weighted by atomic mass is 10.1. The first-order chi connectivity index (χ1) is 15.2. The molecule has 0 aliphatic heterocycles. The number of nitrogens with zero attached hydrogens (tertiary/aromatic N) is 3. The normalized spacial score (nSPS) is 10.4. The first kappa shape index (κ1) is 20.1. The lowest BCUT2D eigenvalue weighted by Gasteiger charge is -2.07. The molecule has 0 aliphatic rings. The van der Waals surface area contributed by atoms with Gasteiger partial charge in [0.05, 0.1) is 24.7 Å². The molecule has 0 saturated heterocycles. The van der Waals surface area contributed by atoms with Crippen LogP contribution in [0.4, 0.5) is 0 Å². The molecule has 4 rings (SSSR count). The van der Waals surface area contributed by atoms with Crippen molar-refractivity contribution in [1.29, 1.82) is 5.26 Å². The van der Waals surface area contributed by atoms with Gasteiger partial charge in [0, 0.05) is 29.4 Å². The van der Waals surface area contributed by atoms with Crippen LogP contribution in [-0.2, 0) is 19.5 Å². The van der Waals surface area contributed by atoms with Crippen LogP contribution in [0.3, 0.4) is 0 Å². The van der Waals surface area contributed by atoms with E-state index in [1.165, 1.54) is 0 Å². The molecule has 1 aromatic heterocycles. The molecule has 1 N–H and O–H groups in total. The van der Waals surface area contributed by atoms with E-state index in [0.717, 1.165) is 27.9 Å². The second-order valence-corrected chi connectivity index (χ2v) is 7.27. The number of amides is 1. The van der Waals surface area contributed by atoms with Crippen LogP contribution in [0.15, 0.2) is 91.1 Å². The zero-order valence-corrected chi connectivity index (χ0v) is 17.0. The predicted molar refractivity (Wildman–Crippen MR) is 120 cm³/mol. The van der Waals surface area contributed by atoms with E-state index in [-0.39, 0.29) is 12.3 Å². The molecule has 152 valence electrons. The Morgan fingerprint density at radius 2 is 1.65 bits per heavy atom. The summed E-state index contributed by atoms with van der Waals surface area (Å²) in [5.74, 6) is -0.172.